The summed E-state index contributed by atoms with van der Waals surface area (Å²) in [5.41, 5.74) is 5.44. The van der Waals surface area contributed by atoms with Crippen molar-refractivity contribution in [2.75, 3.05) is 6.54 Å². The molecule has 1 saturated heterocycles. The first-order chi connectivity index (χ1) is 6.25. The van der Waals surface area contributed by atoms with Gasteiger partial charge in [0, 0.05) is 0 Å². The third-order valence-corrected chi connectivity index (χ3v) is 6.09. The van der Waals surface area contributed by atoms with Gasteiger partial charge >= 0.3 is 5.97 Å². The van der Waals surface area contributed by atoms with E-state index in [-0.39, 0.29) is 31.3 Å². The van der Waals surface area contributed by atoms with E-state index in [1.54, 1.807) is 13.8 Å². The lowest BCUT2D eigenvalue weighted by atomic mass is 9.91. The first-order valence-electron chi connectivity index (χ1n) is 4.41. The van der Waals surface area contributed by atoms with Gasteiger partial charge in [-0.15, -0.1) is 12.4 Å². The number of hydrogen-bond acceptors (Lipinski definition) is 4. The molecule has 1 aliphatic heterocycles. The summed E-state index contributed by atoms with van der Waals surface area (Å²) in [5.74, 6) is -1.54. The average Bonchev–Trinajstić information content (AvgIpc) is 2.20. The van der Waals surface area contributed by atoms with Gasteiger partial charge in [-0.3, -0.25) is 4.79 Å². The van der Waals surface area contributed by atoms with Crippen molar-refractivity contribution in [3.05, 3.63) is 0 Å². The van der Waals surface area contributed by atoms with E-state index in [0.29, 0.717) is 0 Å². The average molecular weight is 258 g/mol. The number of nitrogens with two attached hydrogens (primary N) is 1. The van der Waals surface area contributed by atoms with Gasteiger partial charge < -0.3 is 10.8 Å². The molecule has 0 aromatic carbocycles. The van der Waals surface area contributed by atoms with E-state index in [0.717, 1.165) is 0 Å². The molecule has 2 atom stereocenters. The van der Waals surface area contributed by atoms with Crippen molar-refractivity contribution in [2.45, 2.75) is 30.3 Å². The molecule has 90 valence electrons. The van der Waals surface area contributed by atoms with E-state index >= 15 is 0 Å². The maximum atomic E-state index is 11.8. The number of carbonyl (C=O) groups is 1. The summed E-state index contributed by atoms with van der Waals surface area (Å²) in [6, 6.07) is 0. The number of halogens is 1. The van der Waals surface area contributed by atoms with E-state index in [9.17, 15) is 13.2 Å². The van der Waals surface area contributed by atoms with Crippen LogP contribution in [0, 0.1) is 5.92 Å². The third-order valence-electron chi connectivity index (χ3n) is 3.15. The van der Waals surface area contributed by atoms with E-state index in [2.05, 4.69) is 0 Å². The van der Waals surface area contributed by atoms with E-state index < -0.39 is 25.8 Å². The highest BCUT2D eigenvalue weighted by atomic mass is 35.5. The molecule has 1 heterocycles. The molecule has 7 heteroatoms. The van der Waals surface area contributed by atoms with E-state index in [1.165, 1.54) is 0 Å². The fourth-order valence-electron chi connectivity index (χ4n) is 1.88. The summed E-state index contributed by atoms with van der Waals surface area (Å²) in [5, 5.41) is 7.49. The van der Waals surface area contributed by atoms with Crippen molar-refractivity contribution < 1.29 is 18.3 Å². The summed E-state index contributed by atoms with van der Waals surface area (Å²) in [7, 11) is -3.61. The minimum absolute atomic E-state index is 0. The molecule has 0 amide bonds. The second-order valence-corrected chi connectivity index (χ2v) is 6.85. The van der Waals surface area contributed by atoms with Gasteiger partial charge in [-0.1, -0.05) is 0 Å². The quantitative estimate of drug-likeness (QED) is 0.728. The highest BCUT2D eigenvalue weighted by molar-refractivity contribution is 7.94. The van der Waals surface area contributed by atoms with Crippen LogP contribution in [-0.4, -0.2) is 36.0 Å². The fraction of sp³-hybridized carbons (Fsp3) is 0.875. The molecule has 0 radical (unpaired) electrons. The second-order valence-electron chi connectivity index (χ2n) is 4.14. The SMILES string of the molecule is CC1(C)C(CN)CC(C(=O)O)S1(=O)=O.Cl. The van der Waals surface area contributed by atoms with Gasteiger partial charge in [-0.25, -0.2) is 8.42 Å². The van der Waals surface area contributed by atoms with Crippen molar-refractivity contribution in [1.82, 2.24) is 0 Å². The van der Waals surface area contributed by atoms with Crippen LogP contribution < -0.4 is 5.73 Å². The van der Waals surface area contributed by atoms with E-state index in [4.69, 9.17) is 10.8 Å². The van der Waals surface area contributed by atoms with Crippen LogP contribution in [0.25, 0.3) is 0 Å². The van der Waals surface area contributed by atoms with Gasteiger partial charge in [0.25, 0.3) is 0 Å². The fourth-order valence-corrected chi connectivity index (χ4v) is 4.02. The molecule has 0 aliphatic carbocycles. The van der Waals surface area contributed by atoms with Crippen molar-refractivity contribution in [2.24, 2.45) is 11.7 Å². The van der Waals surface area contributed by atoms with Gasteiger partial charge in [-0.05, 0) is 32.7 Å². The maximum absolute atomic E-state index is 11.8. The number of sulfone groups is 1. The lowest BCUT2D eigenvalue weighted by Gasteiger charge is -2.23. The molecule has 3 N–H and O–H groups in total. The Hall–Kier alpha value is -0.330. The van der Waals surface area contributed by atoms with Gasteiger partial charge in [0.2, 0.25) is 0 Å². The number of rotatable bonds is 2. The summed E-state index contributed by atoms with van der Waals surface area (Å²) in [6.45, 7) is 3.29. The summed E-state index contributed by atoms with van der Waals surface area (Å²) in [6.07, 6.45) is 0.126. The van der Waals surface area contributed by atoms with Crippen molar-refractivity contribution in [3.63, 3.8) is 0 Å². The van der Waals surface area contributed by atoms with Crippen molar-refractivity contribution >= 4 is 28.2 Å². The largest absolute Gasteiger partial charge is 0.480 e. The predicted octanol–water partition coefficient (Wildman–Crippen LogP) is 0.0334. The summed E-state index contributed by atoms with van der Waals surface area (Å²) >= 11 is 0. The Bertz CT molecular complexity index is 352. The highest BCUT2D eigenvalue weighted by Crippen LogP contribution is 2.41. The maximum Gasteiger partial charge on any atom is 0.321 e. The lowest BCUT2D eigenvalue weighted by Crippen LogP contribution is -2.39. The van der Waals surface area contributed by atoms with Gasteiger partial charge in [0.15, 0.2) is 15.1 Å². The molecule has 1 rings (SSSR count). The van der Waals surface area contributed by atoms with E-state index in [1.807, 2.05) is 0 Å². The Morgan fingerprint density at radius 1 is 1.53 bits per heavy atom. The molecule has 0 spiro atoms. The standard InChI is InChI=1S/C8H15NO4S.ClH/c1-8(2)5(4-9)3-6(7(10)11)14(8,12)13;/h5-6H,3-4,9H2,1-2H3,(H,10,11);1H. The Labute approximate surface area is 95.4 Å². The Morgan fingerprint density at radius 3 is 2.20 bits per heavy atom. The second kappa shape index (κ2) is 4.27. The lowest BCUT2D eigenvalue weighted by molar-refractivity contribution is -0.136. The van der Waals surface area contributed by atoms with Crippen LogP contribution in [0.1, 0.15) is 20.3 Å². The molecule has 0 bridgehead atoms. The first kappa shape index (κ1) is 14.7. The van der Waals surface area contributed by atoms with Gasteiger partial charge in [-0.2, -0.15) is 0 Å². The Morgan fingerprint density at radius 2 is 2.00 bits per heavy atom. The summed E-state index contributed by atoms with van der Waals surface area (Å²) in [4.78, 5) is 10.7. The molecular weight excluding hydrogens is 242 g/mol. The molecule has 0 aromatic rings. The normalized spacial score (nSPS) is 31.9. The Kier molecular flexibility index (Phi) is 4.18. The highest BCUT2D eigenvalue weighted by Gasteiger charge is 2.55. The monoisotopic (exact) mass is 257 g/mol. The van der Waals surface area contributed by atoms with Crippen LogP contribution in [0.15, 0.2) is 0 Å². The molecule has 5 nitrogen and oxygen atoms in total. The molecule has 1 aliphatic rings. The number of carboxylic acid groups (broad SMARTS) is 1. The zero-order valence-corrected chi connectivity index (χ0v) is 10.3. The molecule has 2 unspecified atom stereocenters. The molecule has 1 fully saturated rings. The zero-order valence-electron chi connectivity index (χ0n) is 8.63. The van der Waals surface area contributed by atoms with Gasteiger partial charge in [0.1, 0.15) is 0 Å². The smallest absolute Gasteiger partial charge is 0.321 e. The van der Waals surface area contributed by atoms with Crippen LogP contribution in [0.3, 0.4) is 0 Å². The van der Waals surface area contributed by atoms with Crippen LogP contribution in [0.4, 0.5) is 0 Å². The zero-order chi connectivity index (χ0) is 11.1. The van der Waals surface area contributed by atoms with Crippen LogP contribution in [0.5, 0.6) is 0 Å². The van der Waals surface area contributed by atoms with Crippen molar-refractivity contribution in [3.8, 4) is 0 Å². The van der Waals surface area contributed by atoms with Crippen LogP contribution >= 0.6 is 12.4 Å². The number of aliphatic carboxylic acids is 1. The number of hydrogen-bond donors (Lipinski definition) is 2. The van der Waals surface area contributed by atoms with Gasteiger partial charge in [0.05, 0.1) is 4.75 Å². The molecule has 0 aromatic heterocycles. The molecular formula is C8H16ClNO4S. The summed E-state index contributed by atoms with van der Waals surface area (Å²) < 4.78 is 22.6. The minimum Gasteiger partial charge on any atom is -0.480 e. The topological polar surface area (TPSA) is 97.5 Å². The molecule has 0 saturated carbocycles. The van der Waals surface area contributed by atoms with Crippen molar-refractivity contribution in [1.29, 1.82) is 0 Å². The first-order valence-corrected chi connectivity index (χ1v) is 5.96. The minimum atomic E-state index is -3.61. The molecule has 15 heavy (non-hydrogen) atoms. The predicted molar refractivity (Wildman–Crippen MR) is 58.8 cm³/mol. The number of carboxylic acids is 1. The van der Waals surface area contributed by atoms with Crippen LogP contribution in [0.2, 0.25) is 0 Å². The Balaban J connectivity index is 0.00000196. The van der Waals surface area contributed by atoms with Crippen LogP contribution in [-0.2, 0) is 14.6 Å². The third kappa shape index (κ3) is 1.98.